The standard InChI is InChI=1S/C15H23N3/c1-15(8-2-3-9-15)14(18-16)12-7-6-11-5-4-10-17-13(11)12/h4-5,10,12,14,18H,2-3,6-9,16H2,1H3. The van der Waals surface area contributed by atoms with Gasteiger partial charge in [-0.1, -0.05) is 25.8 Å². The maximum Gasteiger partial charge on any atom is 0.0482 e. The summed E-state index contributed by atoms with van der Waals surface area (Å²) in [4.78, 5) is 4.62. The normalized spacial score (nSPS) is 27.1. The lowest BCUT2D eigenvalue weighted by Crippen LogP contribution is -2.49. The third-order valence-electron chi connectivity index (χ3n) is 5.08. The molecule has 0 aliphatic heterocycles. The molecular formula is C15H23N3. The van der Waals surface area contributed by atoms with Crippen LogP contribution in [0.5, 0.6) is 0 Å². The molecule has 1 saturated carbocycles. The molecule has 3 nitrogen and oxygen atoms in total. The molecule has 3 heteroatoms. The first-order chi connectivity index (χ1) is 8.74. The first kappa shape index (κ1) is 12.1. The van der Waals surface area contributed by atoms with Crippen molar-refractivity contribution in [2.75, 3.05) is 0 Å². The average Bonchev–Trinajstić information content (AvgIpc) is 2.99. The lowest BCUT2D eigenvalue weighted by atomic mass is 9.74. The number of aryl methyl sites for hydroxylation is 1. The number of pyridine rings is 1. The Morgan fingerprint density at radius 2 is 2.22 bits per heavy atom. The summed E-state index contributed by atoms with van der Waals surface area (Å²) in [6, 6.07) is 4.63. The number of rotatable bonds is 3. The van der Waals surface area contributed by atoms with E-state index in [-0.39, 0.29) is 0 Å². The van der Waals surface area contributed by atoms with Gasteiger partial charge < -0.3 is 0 Å². The van der Waals surface area contributed by atoms with Gasteiger partial charge >= 0.3 is 0 Å². The molecule has 0 spiro atoms. The fraction of sp³-hybridized carbons (Fsp3) is 0.667. The Labute approximate surface area is 109 Å². The van der Waals surface area contributed by atoms with Gasteiger partial charge in [-0.15, -0.1) is 0 Å². The van der Waals surface area contributed by atoms with E-state index in [9.17, 15) is 0 Å². The Morgan fingerprint density at radius 1 is 1.44 bits per heavy atom. The molecule has 2 unspecified atom stereocenters. The van der Waals surface area contributed by atoms with Gasteiger partial charge in [0.05, 0.1) is 0 Å². The Morgan fingerprint density at radius 3 is 2.94 bits per heavy atom. The molecule has 1 aromatic heterocycles. The van der Waals surface area contributed by atoms with Gasteiger partial charge in [0.15, 0.2) is 0 Å². The van der Waals surface area contributed by atoms with Crippen molar-refractivity contribution < 1.29 is 0 Å². The zero-order chi connectivity index (χ0) is 12.6. The van der Waals surface area contributed by atoms with Crippen molar-refractivity contribution in [2.24, 2.45) is 11.3 Å². The highest BCUT2D eigenvalue weighted by molar-refractivity contribution is 5.30. The van der Waals surface area contributed by atoms with Crippen LogP contribution in [0.3, 0.4) is 0 Å². The molecule has 1 heterocycles. The number of nitrogens with two attached hydrogens (primary N) is 1. The van der Waals surface area contributed by atoms with Crippen LogP contribution in [0.2, 0.25) is 0 Å². The van der Waals surface area contributed by atoms with E-state index >= 15 is 0 Å². The van der Waals surface area contributed by atoms with E-state index in [0.29, 0.717) is 17.4 Å². The summed E-state index contributed by atoms with van der Waals surface area (Å²) in [6.45, 7) is 2.39. The number of nitrogens with one attached hydrogen (secondary N) is 1. The first-order valence-electron chi connectivity index (χ1n) is 7.14. The molecule has 1 aromatic rings. The second-order valence-corrected chi connectivity index (χ2v) is 6.20. The number of nitrogens with zero attached hydrogens (tertiary/aromatic N) is 1. The molecule has 3 N–H and O–H groups in total. The Kier molecular flexibility index (Phi) is 3.12. The molecule has 2 aliphatic rings. The number of aromatic nitrogens is 1. The Hall–Kier alpha value is -0.930. The van der Waals surface area contributed by atoms with Gasteiger partial charge in [0, 0.05) is 23.9 Å². The monoisotopic (exact) mass is 245 g/mol. The van der Waals surface area contributed by atoms with Crippen LogP contribution in [0.4, 0.5) is 0 Å². The lowest BCUT2D eigenvalue weighted by molar-refractivity contribution is 0.189. The highest BCUT2D eigenvalue weighted by Crippen LogP contribution is 2.47. The Bertz CT molecular complexity index is 424. The van der Waals surface area contributed by atoms with Gasteiger partial charge in [-0.2, -0.15) is 0 Å². The smallest absolute Gasteiger partial charge is 0.0482 e. The molecule has 2 atom stereocenters. The van der Waals surface area contributed by atoms with Crippen LogP contribution in [-0.4, -0.2) is 11.0 Å². The number of hydrogen-bond acceptors (Lipinski definition) is 3. The van der Waals surface area contributed by atoms with Crippen molar-refractivity contribution >= 4 is 0 Å². The van der Waals surface area contributed by atoms with E-state index in [1.807, 2.05) is 12.3 Å². The summed E-state index contributed by atoms with van der Waals surface area (Å²) in [5.74, 6) is 6.39. The maximum atomic E-state index is 5.90. The number of hydrogen-bond donors (Lipinski definition) is 2. The molecule has 98 valence electrons. The van der Waals surface area contributed by atoms with Crippen LogP contribution in [-0.2, 0) is 6.42 Å². The van der Waals surface area contributed by atoms with Gasteiger partial charge in [-0.05, 0) is 42.7 Å². The third-order valence-corrected chi connectivity index (χ3v) is 5.08. The van der Waals surface area contributed by atoms with Crippen LogP contribution < -0.4 is 11.3 Å². The highest BCUT2D eigenvalue weighted by atomic mass is 15.2. The van der Waals surface area contributed by atoms with E-state index < -0.39 is 0 Å². The van der Waals surface area contributed by atoms with Gasteiger partial charge in [-0.3, -0.25) is 16.3 Å². The molecule has 2 aliphatic carbocycles. The van der Waals surface area contributed by atoms with Crippen molar-refractivity contribution in [3.8, 4) is 0 Å². The first-order valence-corrected chi connectivity index (χ1v) is 7.14. The van der Waals surface area contributed by atoms with Crippen LogP contribution >= 0.6 is 0 Å². The van der Waals surface area contributed by atoms with E-state index in [0.717, 1.165) is 6.42 Å². The van der Waals surface area contributed by atoms with E-state index in [4.69, 9.17) is 5.84 Å². The van der Waals surface area contributed by atoms with Crippen LogP contribution in [0, 0.1) is 5.41 Å². The topological polar surface area (TPSA) is 50.9 Å². The minimum absolute atomic E-state index is 0.346. The van der Waals surface area contributed by atoms with Crippen molar-refractivity contribution in [1.82, 2.24) is 10.4 Å². The summed E-state index contributed by atoms with van der Waals surface area (Å²) < 4.78 is 0. The molecule has 0 bridgehead atoms. The summed E-state index contributed by atoms with van der Waals surface area (Å²) in [7, 11) is 0. The largest absolute Gasteiger partial charge is 0.271 e. The lowest BCUT2D eigenvalue weighted by Gasteiger charge is -2.37. The van der Waals surface area contributed by atoms with Crippen molar-refractivity contribution in [3.05, 3.63) is 29.6 Å². The van der Waals surface area contributed by atoms with Gasteiger partial charge in [0.1, 0.15) is 0 Å². The molecule has 0 aromatic carbocycles. The van der Waals surface area contributed by atoms with E-state index in [1.165, 1.54) is 43.4 Å². The summed E-state index contributed by atoms with van der Waals surface area (Å²) in [6.07, 6.45) is 9.54. The second kappa shape index (κ2) is 4.63. The zero-order valence-electron chi connectivity index (χ0n) is 11.2. The van der Waals surface area contributed by atoms with Crippen LogP contribution in [0.25, 0.3) is 0 Å². The maximum absolute atomic E-state index is 5.90. The number of fused-ring (bicyclic) bond motifs is 1. The van der Waals surface area contributed by atoms with Crippen LogP contribution in [0.1, 0.15) is 56.2 Å². The fourth-order valence-corrected chi connectivity index (χ4v) is 4.07. The third kappa shape index (κ3) is 1.86. The van der Waals surface area contributed by atoms with Crippen molar-refractivity contribution in [3.63, 3.8) is 0 Å². The fourth-order valence-electron chi connectivity index (χ4n) is 4.07. The average molecular weight is 245 g/mol. The quantitative estimate of drug-likeness (QED) is 0.635. The Balaban J connectivity index is 1.90. The zero-order valence-corrected chi connectivity index (χ0v) is 11.2. The molecule has 3 rings (SSSR count). The molecule has 0 saturated heterocycles. The van der Waals surface area contributed by atoms with Crippen molar-refractivity contribution in [2.45, 2.75) is 57.4 Å². The molecule has 1 fully saturated rings. The van der Waals surface area contributed by atoms with E-state index in [1.54, 1.807) is 0 Å². The minimum atomic E-state index is 0.346. The van der Waals surface area contributed by atoms with Gasteiger partial charge in [0.2, 0.25) is 0 Å². The molecule has 0 radical (unpaired) electrons. The van der Waals surface area contributed by atoms with Crippen LogP contribution in [0.15, 0.2) is 18.3 Å². The molecule has 0 amide bonds. The van der Waals surface area contributed by atoms with Gasteiger partial charge in [-0.25, -0.2) is 0 Å². The van der Waals surface area contributed by atoms with E-state index in [2.05, 4.69) is 23.4 Å². The summed E-state index contributed by atoms with van der Waals surface area (Å²) in [5, 5.41) is 0. The highest BCUT2D eigenvalue weighted by Gasteiger charge is 2.43. The summed E-state index contributed by atoms with van der Waals surface area (Å²) in [5.41, 5.74) is 6.18. The molecule has 18 heavy (non-hydrogen) atoms. The van der Waals surface area contributed by atoms with Crippen molar-refractivity contribution in [1.29, 1.82) is 0 Å². The summed E-state index contributed by atoms with van der Waals surface area (Å²) >= 11 is 0. The second-order valence-electron chi connectivity index (χ2n) is 6.20. The van der Waals surface area contributed by atoms with Gasteiger partial charge in [0.25, 0.3) is 0 Å². The minimum Gasteiger partial charge on any atom is -0.271 e. The number of hydrazine groups is 1. The predicted molar refractivity (Wildman–Crippen MR) is 73.0 cm³/mol. The predicted octanol–water partition coefficient (Wildman–Crippen LogP) is 2.52. The molecular weight excluding hydrogens is 222 g/mol. The SMILES string of the molecule is CC1(C(NN)C2CCc3cccnc32)CCCC1.